The maximum absolute atomic E-state index is 9.74. The van der Waals surface area contributed by atoms with Crippen molar-refractivity contribution in [2.24, 2.45) is 0 Å². The molecular weight excluding hydrogens is 318 g/mol. The summed E-state index contributed by atoms with van der Waals surface area (Å²) in [7, 11) is -0.647. The van der Waals surface area contributed by atoms with Crippen molar-refractivity contribution in [2.45, 2.75) is 38.9 Å². The Morgan fingerprint density at radius 2 is 1.96 bits per heavy atom. The Morgan fingerprint density at radius 3 is 2.57 bits per heavy atom. The van der Waals surface area contributed by atoms with Gasteiger partial charge < -0.3 is 14.4 Å². The van der Waals surface area contributed by atoms with E-state index >= 15 is 0 Å². The van der Waals surface area contributed by atoms with E-state index in [1.54, 1.807) is 6.08 Å². The molecule has 0 saturated carbocycles. The van der Waals surface area contributed by atoms with Gasteiger partial charge in [0.15, 0.2) is 5.65 Å². The van der Waals surface area contributed by atoms with Gasteiger partial charge in [-0.15, -0.1) is 0 Å². The summed E-state index contributed by atoms with van der Waals surface area (Å²) in [6.45, 7) is 7.61. The van der Waals surface area contributed by atoms with E-state index in [0.717, 1.165) is 0 Å². The van der Waals surface area contributed by atoms with Crippen LogP contribution in [0, 0.1) is 0 Å². The van der Waals surface area contributed by atoms with Gasteiger partial charge in [-0.25, -0.2) is 9.97 Å². The zero-order valence-electron chi connectivity index (χ0n) is 13.4. The van der Waals surface area contributed by atoms with Crippen molar-refractivity contribution in [2.75, 3.05) is 6.61 Å². The summed E-state index contributed by atoms with van der Waals surface area (Å²) in [5, 5.41) is 17.6. The molecule has 2 aromatic heterocycles. The monoisotopic (exact) mass is 336 g/mol. The molecule has 2 N–H and O–H groups in total. The number of fused-ring (bicyclic) bond motifs is 1. The van der Waals surface area contributed by atoms with Crippen molar-refractivity contribution < 1.29 is 14.4 Å². The third-order valence-corrected chi connectivity index (χ3v) is 4.69. The molecule has 1 saturated heterocycles. The van der Waals surface area contributed by atoms with Crippen LogP contribution in [0.1, 0.15) is 33.4 Å². The van der Waals surface area contributed by atoms with Crippen LogP contribution in [-0.2, 0) is 9.31 Å². The van der Waals surface area contributed by atoms with E-state index in [9.17, 15) is 5.11 Å². The average Bonchev–Trinajstić information content (AvgIpc) is 2.96. The van der Waals surface area contributed by atoms with Gasteiger partial charge in [0.05, 0.1) is 28.9 Å². The van der Waals surface area contributed by atoms with Crippen molar-refractivity contribution >= 4 is 35.8 Å². The highest BCUT2D eigenvalue weighted by Gasteiger charge is 2.52. The van der Waals surface area contributed by atoms with Gasteiger partial charge in [0.1, 0.15) is 11.5 Å². The molecule has 3 rings (SSSR count). The summed E-state index contributed by atoms with van der Waals surface area (Å²) in [6.07, 6.45) is 3.06. The van der Waals surface area contributed by atoms with Crippen LogP contribution in [0.15, 0.2) is 11.8 Å². The van der Waals surface area contributed by atoms with Gasteiger partial charge in [0.25, 0.3) is 0 Å². The van der Waals surface area contributed by atoms with Gasteiger partial charge in [-0.05, 0) is 39.2 Å². The van der Waals surface area contributed by atoms with Crippen molar-refractivity contribution in [3.63, 3.8) is 0 Å². The second kappa shape index (κ2) is 5.56. The molecule has 0 atom stereocenters. The Labute approximate surface area is 139 Å². The van der Waals surface area contributed by atoms with Crippen LogP contribution < -0.4 is 0 Å². The van der Waals surface area contributed by atoms with Crippen LogP contribution in [0.4, 0.5) is 0 Å². The van der Waals surface area contributed by atoms with E-state index in [4.69, 9.17) is 20.9 Å². The molecule has 9 heteroatoms. The number of aromatic nitrogens is 4. The number of aliphatic hydroxyl groups is 1. The lowest BCUT2D eigenvalue weighted by Crippen LogP contribution is -2.41. The maximum Gasteiger partial charge on any atom is 0.492 e. The fourth-order valence-electron chi connectivity index (χ4n) is 2.31. The van der Waals surface area contributed by atoms with E-state index < -0.39 is 18.3 Å². The molecule has 3 heterocycles. The molecule has 1 aliphatic heterocycles. The summed E-state index contributed by atoms with van der Waals surface area (Å²) in [5.74, 6) is 0. The first-order valence-corrected chi connectivity index (χ1v) is 7.64. The number of hydrogen-bond acceptors (Lipinski definition) is 6. The number of nitrogens with one attached hydrogen (secondary N) is 1. The second-order valence-electron chi connectivity index (χ2n) is 6.47. The standard InChI is InChI=1S/C14H18BClN4O3/c1-13(2)14(3,4)23-15(22-13)8(6-21)5-9-10-11(16)17-7-18-12(10)20-19-9/h5,7,21H,6H2,1-4H3,(H,17,18,19,20). The molecule has 0 unspecified atom stereocenters. The van der Waals surface area contributed by atoms with Crippen molar-refractivity contribution in [3.05, 3.63) is 22.6 Å². The van der Waals surface area contributed by atoms with Crippen LogP contribution in [0.2, 0.25) is 5.15 Å². The molecule has 23 heavy (non-hydrogen) atoms. The van der Waals surface area contributed by atoms with Gasteiger partial charge in [-0.2, -0.15) is 5.10 Å². The highest BCUT2D eigenvalue weighted by molar-refractivity contribution is 6.56. The SMILES string of the molecule is CC1(C)OB(C(=Cc2[nH]nc3ncnc(Cl)c23)CO)OC1(C)C. The molecule has 1 fully saturated rings. The fourth-order valence-corrected chi connectivity index (χ4v) is 2.54. The lowest BCUT2D eigenvalue weighted by Gasteiger charge is -2.32. The first kappa shape index (κ1) is 16.4. The van der Waals surface area contributed by atoms with E-state index in [-0.39, 0.29) is 6.61 Å². The van der Waals surface area contributed by atoms with E-state index in [1.807, 2.05) is 27.7 Å². The molecule has 0 aromatic carbocycles. The van der Waals surface area contributed by atoms with Crippen LogP contribution in [0.25, 0.3) is 17.1 Å². The van der Waals surface area contributed by atoms with Crippen LogP contribution >= 0.6 is 11.6 Å². The number of halogens is 1. The molecule has 0 spiro atoms. The summed E-state index contributed by atoms with van der Waals surface area (Å²) in [4.78, 5) is 8.00. The minimum atomic E-state index is -0.647. The van der Waals surface area contributed by atoms with Crippen LogP contribution in [0.3, 0.4) is 0 Å². The predicted octanol–water partition coefficient (Wildman–Crippen LogP) is 2.01. The Bertz CT molecular complexity index is 758. The first-order chi connectivity index (χ1) is 10.7. The molecule has 7 nitrogen and oxygen atoms in total. The summed E-state index contributed by atoms with van der Waals surface area (Å²) >= 11 is 6.12. The third kappa shape index (κ3) is 2.76. The van der Waals surface area contributed by atoms with Crippen molar-refractivity contribution in [3.8, 4) is 0 Å². The first-order valence-electron chi connectivity index (χ1n) is 7.27. The minimum Gasteiger partial charge on any atom is -0.400 e. The Kier molecular flexibility index (Phi) is 3.96. The van der Waals surface area contributed by atoms with Gasteiger partial charge in [-0.1, -0.05) is 11.6 Å². The quantitative estimate of drug-likeness (QED) is 0.658. The van der Waals surface area contributed by atoms with E-state index in [2.05, 4.69) is 20.2 Å². The molecular formula is C14H18BClN4O3. The van der Waals surface area contributed by atoms with E-state index in [1.165, 1.54) is 6.33 Å². The molecule has 0 bridgehead atoms. The van der Waals surface area contributed by atoms with Crippen molar-refractivity contribution in [1.82, 2.24) is 20.2 Å². The minimum absolute atomic E-state index is 0.220. The second-order valence-corrected chi connectivity index (χ2v) is 6.82. The highest BCUT2D eigenvalue weighted by Crippen LogP contribution is 2.39. The number of H-pyrrole nitrogens is 1. The van der Waals surface area contributed by atoms with Gasteiger partial charge in [0.2, 0.25) is 0 Å². The Balaban J connectivity index is 2.00. The molecule has 0 amide bonds. The fraction of sp³-hybridized carbons (Fsp3) is 0.500. The van der Waals surface area contributed by atoms with Gasteiger partial charge in [0, 0.05) is 0 Å². The summed E-state index contributed by atoms with van der Waals surface area (Å²) < 4.78 is 11.9. The molecule has 0 aliphatic carbocycles. The topological polar surface area (TPSA) is 93.2 Å². The highest BCUT2D eigenvalue weighted by atomic mass is 35.5. The maximum atomic E-state index is 9.74. The smallest absolute Gasteiger partial charge is 0.400 e. The zero-order valence-corrected chi connectivity index (χ0v) is 14.2. The molecule has 2 aromatic rings. The number of aliphatic hydroxyl groups excluding tert-OH is 1. The molecule has 0 radical (unpaired) electrons. The lowest BCUT2D eigenvalue weighted by atomic mass is 9.78. The predicted molar refractivity (Wildman–Crippen MR) is 87.8 cm³/mol. The molecule has 122 valence electrons. The normalized spacial score (nSPS) is 20.4. The van der Waals surface area contributed by atoms with Gasteiger partial charge >= 0.3 is 7.12 Å². The third-order valence-electron chi connectivity index (χ3n) is 4.40. The number of rotatable bonds is 3. The van der Waals surface area contributed by atoms with E-state index in [0.29, 0.717) is 27.4 Å². The van der Waals surface area contributed by atoms with Crippen LogP contribution in [0.5, 0.6) is 0 Å². The summed E-state index contributed by atoms with van der Waals surface area (Å²) in [6, 6.07) is 0. The number of nitrogens with zero attached hydrogens (tertiary/aromatic N) is 3. The van der Waals surface area contributed by atoms with Crippen molar-refractivity contribution in [1.29, 1.82) is 0 Å². The Hall–Kier alpha value is -1.48. The number of aromatic amines is 1. The van der Waals surface area contributed by atoms with Gasteiger partial charge in [-0.3, -0.25) is 5.10 Å². The zero-order chi connectivity index (χ0) is 16.8. The molecule has 1 aliphatic rings. The lowest BCUT2D eigenvalue weighted by molar-refractivity contribution is 0.00578. The Morgan fingerprint density at radius 1 is 1.30 bits per heavy atom. The summed E-state index contributed by atoms with van der Waals surface area (Å²) in [5.41, 5.74) is 0.659. The largest absolute Gasteiger partial charge is 0.492 e. The average molecular weight is 337 g/mol. The van der Waals surface area contributed by atoms with Crippen LogP contribution in [-0.4, -0.2) is 50.2 Å². The number of hydrogen-bond donors (Lipinski definition) is 2.